The van der Waals surface area contributed by atoms with E-state index in [0.29, 0.717) is 0 Å². The Kier molecular flexibility index (Phi) is 5.40. The van der Waals surface area contributed by atoms with Gasteiger partial charge in [0.15, 0.2) is 17.4 Å². The zero-order chi connectivity index (χ0) is 23.9. The van der Waals surface area contributed by atoms with Crippen molar-refractivity contribution in [1.82, 2.24) is 0 Å². The number of hydrazone groups is 1. The number of amides is 1. The Morgan fingerprint density at radius 1 is 1.09 bits per heavy atom. The molecule has 2 heterocycles. The van der Waals surface area contributed by atoms with Crippen LogP contribution in [0.4, 0.5) is 27.6 Å². The Morgan fingerprint density at radius 2 is 1.76 bits per heavy atom. The number of phenolic OH excluding ortho intramolecular Hbond substituents is 1. The lowest BCUT2D eigenvalue weighted by molar-refractivity contribution is -0.274. The topological polar surface area (TPSA) is 75.3 Å². The van der Waals surface area contributed by atoms with Crippen molar-refractivity contribution in [2.45, 2.75) is 13.3 Å². The molecule has 1 aliphatic rings. The zero-order valence-electron chi connectivity index (χ0n) is 16.7. The number of hydrogen-bond donors (Lipinski definition) is 1. The first-order valence-electron chi connectivity index (χ1n) is 9.28. The second-order valence-corrected chi connectivity index (χ2v) is 6.86. The maximum atomic E-state index is 13.7. The fraction of sp³-hybridized carbons (Fsp3) is 0.0909. The summed E-state index contributed by atoms with van der Waals surface area (Å²) in [7, 11) is 0. The average molecular weight is 464 g/mol. The van der Waals surface area contributed by atoms with Gasteiger partial charge >= 0.3 is 6.36 Å². The summed E-state index contributed by atoms with van der Waals surface area (Å²) in [4.78, 5) is 12.8. The first-order chi connectivity index (χ1) is 15.5. The first-order valence-corrected chi connectivity index (χ1v) is 9.28. The normalized spacial score (nSPS) is 15.3. The van der Waals surface area contributed by atoms with Crippen molar-refractivity contribution in [3.63, 3.8) is 0 Å². The lowest BCUT2D eigenvalue weighted by Crippen LogP contribution is -2.21. The SMILES string of the molecule is CC1=NN(c2cc(F)c(O)c(F)c2)C(=O)/C1=C\c1ccc(-c2ccccc2OC(F)(F)F)o1. The second kappa shape index (κ2) is 8.08. The fourth-order valence-corrected chi connectivity index (χ4v) is 3.14. The summed E-state index contributed by atoms with van der Waals surface area (Å²) in [6.45, 7) is 1.48. The summed E-state index contributed by atoms with van der Waals surface area (Å²) in [5, 5.41) is 14.0. The summed E-state index contributed by atoms with van der Waals surface area (Å²) in [5.41, 5.74) is 0.0328. The molecule has 1 aromatic heterocycles. The lowest BCUT2D eigenvalue weighted by Gasteiger charge is -2.12. The molecule has 2 aromatic carbocycles. The van der Waals surface area contributed by atoms with Gasteiger partial charge < -0.3 is 14.3 Å². The number of phenols is 1. The Balaban J connectivity index is 1.63. The highest BCUT2D eigenvalue weighted by Crippen LogP contribution is 2.35. The van der Waals surface area contributed by atoms with E-state index < -0.39 is 35.4 Å². The van der Waals surface area contributed by atoms with E-state index in [2.05, 4.69) is 9.84 Å². The number of nitrogens with zero attached hydrogens (tertiary/aromatic N) is 2. The molecule has 0 radical (unpaired) electrons. The van der Waals surface area contributed by atoms with Crippen LogP contribution in [0.3, 0.4) is 0 Å². The third-order valence-corrected chi connectivity index (χ3v) is 4.60. The molecule has 3 aromatic rings. The Bertz CT molecular complexity index is 1290. The molecule has 0 saturated carbocycles. The minimum absolute atomic E-state index is 0.0321. The van der Waals surface area contributed by atoms with E-state index in [1.165, 1.54) is 43.3 Å². The van der Waals surface area contributed by atoms with Gasteiger partial charge in [0.05, 0.1) is 22.5 Å². The van der Waals surface area contributed by atoms with Crippen molar-refractivity contribution in [2.24, 2.45) is 5.10 Å². The predicted molar refractivity (Wildman–Crippen MR) is 107 cm³/mol. The van der Waals surface area contributed by atoms with Crippen molar-refractivity contribution < 1.29 is 41.0 Å². The highest BCUT2D eigenvalue weighted by Gasteiger charge is 2.33. The molecule has 0 bridgehead atoms. The smallest absolute Gasteiger partial charge is 0.503 e. The largest absolute Gasteiger partial charge is 0.573 e. The quantitative estimate of drug-likeness (QED) is 0.401. The van der Waals surface area contributed by atoms with Crippen LogP contribution in [-0.4, -0.2) is 23.1 Å². The predicted octanol–water partition coefficient (Wildman–Crippen LogP) is 5.64. The number of alkyl halides is 3. The molecule has 11 heteroatoms. The van der Waals surface area contributed by atoms with Crippen LogP contribution in [0, 0.1) is 11.6 Å². The number of aromatic hydroxyl groups is 1. The van der Waals surface area contributed by atoms with Crippen LogP contribution in [0.1, 0.15) is 12.7 Å². The molecule has 4 rings (SSSR count). The van der Waals surface area contributed by atoms with E-state index in [1.807, 2.05) is 0 Å². The summed E-state index contributed by atoms with van der Waals surface area (Å²) in [6.07, 6.45) is -3.60. The number of rotatable bonds is 4. The number of carbonyl (C=O) groups excluding carboxylic acids is 1. The molecule has 1 N–H and O–H groups in total. The van der Waals surface area contributed by atoms with Crippen molar-refractivity contribution in [2.75, 3.05) is 5.01 Å². The molecule has 170 valence electrons. The van der Waals surface area contributed by atoms with Gasteiger partial charge in [-0.3, -0.25) is 4.79 Å². The summed E-state index contributed by atoms with van der Waals surface area (Å²) in [6, 6.07) is 9.71. The maximum absolute atomic E-state index is 13.7. The van der Waals surface area contributed by atoms with Crippen LogP contribution >= 0.6 is 0 Å². The number of anilines is 1. The molecule has 0 atom stereocenters. The van der Waals surface area contributed by atoms with Gasteiger partial charge in [-0.1, -0.05) is 12.1 Å². The van der Waals surface area contributed by atoms with E-state index >= 15 is 0 Å². The van der Waals surface area contributed by atoms with Crippen LogP contribution in [0.25, 0.3) is 17.4 Å². The van der Waals surface area contributed by atoms with Crippen molar-refractivity contribution >= 4 is 23.4 Å². The van der Waals surface area contributed by atoms with Crippen LogP contribution < -0.4 is 9.75 Å². The molecule has 0 unspecified atom stereocenters. The molecular weight excluding hydrogens is 451 g/mol. The minimum Gasteiger partial charge on any atom is -0.503 e. The molecule has 0 saturated heterocycles. The second-order valence-electron chi connectivity index (χ2n) is 6.86. The first kappa shape index (κ1) is 22.1. The number of furan rings is 1. The number of halogens is 5. The van der Waals surface area contributed by atoms with Crippen LogP contribution in [0.5, 0.6) is 11.5 Å². The standard InChI is InChI=1S/C22H13F5N2O4/c1-11-15(21(31)29(28-11)12-8-16(23)20(30)17(24)9-12)10-13-6-7-18(32-13)14-4-2-3-5-19(14)33-22(25,26)27/h2-10,30H,1H3/b15-10-. The monoisotopic (exact) mass is 464 g/mol. The van der Waals surface area contributed by atoms with E-state index in [-0.39, 0.29) is 34.1 Å². The molecule has 0 spiro atoms. The van der Waals surface area contributed by atoms with Gasteiger partial charge in [0.25, 0.3) is 5.91 Å². The van der Waals surface area contributed by atoms with E-state index in [0.717, 1.165) is 23.2 Å². The van der Waals surface area contributed by atoms with Gasteiger partial charge in [0.2, 0.25) is 0 Å². The average Bonchev–Trinajstić information content (AvgIpc) is 3.31. The van der Waals surface area contributed by atoms with Gasteiger partial charge in [-0.25, -0.2) is 8.78 Å². The third kappa shape index (κ3) is 4.43. The summed E-state index contributed by atoms with van der Waals surface area (Å²) >= 11 is 0. The fourth-order valence-electron chi connectivity index (χ4n) is 3.14. The zero-order valence-corrected chi connectivity index (χ0v) is 16.7. The van der Waals surface area contributed by atoms with Crippen LogP contribution in [-0.2, 0) is 4.79 Å². The lowest BCUT2D eigenvalue weighted by atomic mass is 10.1. The maximum Gasteiger partial charge on any atom is 0.573 e. The highest BCUT2D eigenvalue weighted by molar-refractivity contribution is 6.32. The Hall–Kier alpha value is -4.15. The van der Waals surface area contributed by atoms with Gasteiger partial charge in [-0.05, 0) is 37.3 Å². The number of benzene rings is 2. The van der Waals surface area contributed by atoms with Crippen molar-refractivity contribution in [3.05, 3.63) is 71.5 Å². The number of carbonyl (C=O) groups is 1. The number of hydrogen-bond acceptors (Lipinski definition) is 5. The van der Waals surface area contributed by atoms with Gasteiger partial charge in [0.1, 0.15) is 17.3 Å². The highest BCUT2D eigenvalue weighted by atomic mass is 19.4. The van der Waals surface area contributed by atoms with E-state index in [1.54, 1.807) is 0 Å². The Labute approximate surface area is 182 Å². The number of para-hydroxylation sites is 1. The van der Waals surface area contributed by atoms with E-state index in [9.17, 15) is 31.9 Å². The van der Waals surface area contributed by atoms with Gasteiger partial charge in [-0.15, -0.1) is 13.2 Å². The molecular formula is C22H13F5N2O4. The molecule has 1 aliphatic heterocycles. The number of ether oxygens (including phenoxy) is 1. The minimum atomic E-state index is -4.89. The molecule has 0 fully saturated rings. The third-order valence-electron chi connectivity index (χ3n) is 4.60. The summed E-state index contributed by atoms with van der Waals surface area (Å²) < 4.78 is 75.0. The van der Waals surface area contributed by atoms with Crippen LogP contribution in [0.15, 0.2) is 63.6 Å². The Morgan fingerprint density at radius 3 is 2.42 bits per heavy atom. The van der Waals surface area contributed by atoms with Gasteiger partial charge in [0, 0.05) is 12.1 Å². The van der Waals surface area contributed by atoms with Gasteiger partial charge in [-0.2, -0.15) is 10.1 Å². The molecule has 33 heavy (non-hydrogen) atoms. The molecule has 0 aliphatic carbocycles. The van der Waals surface area contributed by atoms with Crippen molar-refractivity contribution in [3.8, 4) is 22.8 Å². The summed E-state index contributed by atoms with van der Waals surface area (Å²) in [5.74, 6) is -4.72. The van der Waals surface area contributed by atoms with Crippen LogP contribution in [0.2, 0.25) is 0 Å². The molecule has 1 amide bonds. The molecule has 6 nitrogen and oxygen atoms in total. The van der Waals surface area contributed by atoms with Crippen molar-refractivity contribution in [1.29, 1.82) is 0 Å². The van der Waals surface area contributed by atoms with E-state index in [4.69, 9.17) is 4.42 Å².